The highest BCUT2D eigenvalue weighted by Crippen LogP contribution is 2.01. The Morgan fingerprint density at radius 3 is 2.50 bits per heavy atom. The van der Waals surface area contributed by atoms with Crippen LogP contribution in [0.3, 0.4) is 0 Å². The third-order valence-electron chi connectivity index (χ3n) is 1.78. The molecule has 2 nitrogen and oxygen atoms in total. The minimum absolute atomic E-state index is 0.470. The minimum atomic E-state index is 0.470. The molecular formula is C10H16N2. The molecule has 0 amide bonds. The molecule has 0 saturated carbocycles. The van der Waals surface area contributed by atoms with Crippen LogP contribution in [0.1, 0.15) is 12.5 Å². The molecule has 1 atom stereocenters. The first-order valence-electron chi connectivity index (χ1n) is 4.29. The summed E-state index contributed by atoms with van der Waals surface area (Å²) in [6.07, 6.45) is 1.06. The molecule has 0 saturated heterocycles. The van der Waals surface area contributed by atoms with Crippen LogP contribution in [-0.2, 0) is 6.42 Å². The number of hydrazine groups is 1. The molecule has 1 unspecified atom stereocenters. The van der Waals surface area contributed by atoms with E-state index in [2.05, 4.69) is 42.0 Å². The number of hydrogen-bond donors (Lipinski definition) is 2. The number of hydrogen-bond acceptors (Lipinski definition) is 2. The average molecular weight is 164 g/mol. The van der Waals surface area contributed by atoms with Gasteiger partial charge in [0.1, 0.15) is 0 Å². The molecule has 1 aromatic rings. The van der Waals surface area contributed by atoms with Crippen molar-refractivity contribution in [3.8, 4) is 0 Å². The normalized spacial score (nSPS) is 12.8. The molecule has 0 spiro atoms. The molecular weight excluding hydrogens is 148 g/mol. The molecule has 12 heavy (non-hydrogen) atoms. The highest BCUT2D eigenvalue weighted by molar-refractivity contribution is 5.15. The van der Waals surface area contributed by atoms with E-state index in [0.717, 1.165) is 6.42 Å². The molecule has 2 N–H and O–H groups in total. The van der Waals surface area contributed by atoms with Crippen LogP contribution < -0.4 is 10.9 Å². The van der Waals surface area contributed by atoms with Crippen LogP contribution in [0.15, 0.2) is 30.3 Å². The molecule has 0 aliphatic heterocycles. The molecule has 0 radical (unpaired) electrons. The van der Waals surface area contributed by atoms with E-state index >= 15 is 0 Å². The minimum Gasteiger partial charge on any atom is -0.261 e. The van der Waals surface area contributed by atoms with Crippen LogP contribution in [-0.4, -0.2) is 13.1 Å². The third kappa shape index (κ3) is 3.03. The van der Waals surface area contributed by atoms with Gasteiger partial charge in [-0.05, 0) is 26.0 Å². The van der Waals surface area contributed by atoms with Crippen molar-refractivity contribution in [2.24, 2.45) is 0 Å². The summed E-state index contributed by atoms with van der Waals surface area (Å²) in [4.78, 5) is 0. The van der Waals surface area contributed by atoms with Gasteiger partial charge in [0.15, 0.2) is 0 Å². The van der Waals surface area contributed by atoms with Gasteiger partial charge in [-0.3, -0.25) is 10.9 Å². The Kier molecular flexibility index (Phi) is 3.77. The summed E-state index contributed by atoms with van der Waals surface area (Å²) in [5.41, 5.74) is 7.45. The SMILES string of the molecule is CNNC(C)Cc1ccccc1. The molecule has 0 aliphatic rings. The summed E-state index contributed by atoms with van der Waals surface area (Å²) in [5, 5.41) is 0. The van der Waals surface area contributed by atoms with Crippen LogP contribution in [0, 0.1) is 0 Å². The zero-order chi connectivity index (χ0) is 8.81. The van der Waals surface area contributed by atoms with Crippen molar-refractivity contribution < 1.29 is 0 Å². The smallest absolute Gasteiger partial charge is 0.0224 e. The van der Waals surface area contributed by atoms with Crippen molar-refractivity contribution in [3.63, 3.8) is 0 Å². The van der Waals surface area contributed by atoms with E-state index in [0.29, 0.717) is 6.04 Å². The van der Waals surface area contributed by atoms with Gasteiger partial charge in [0, 0.05) is 6.04 Å². The van der Waals surface area contributed by atoms with Gasteiger partial charge in [-0.2, -0.15) is 0 Å². The van der Waals surface area contributed by atoms with Crippen LogP contribution in [0.25, 0.3) is 0 Å². The highest BCUT2D eigenvalue weighted by Gasteiger charge is 1.99. The predicted molar refractivity (Wildman–Crippen MR) is 51.8 cm³/mol. The fourth-order valence-corrected chi connectivity index (χ4v) is 1.27. The lowest BCUT2D eigenvalue weighted by Gasteiger charge is -2.11. The Labute approximate surface area is 74.0 Å². The molecule has 66 valence electrons. The van der Waals surface area contributed by atoms with Crippen molar-refractivity contribution in [2.45, 2.75) is 19.4 Å². The third-order valence-corrected chi connectivity index (χ3v) is 1.78. The Morgan fingerprint density at radius 2 is 1.92 bits per heavy atom. The van der Waals surface area contributed by atoms with E-state index in [1.54, 1.807) is 0 Å². The second kappa shape index (κ2) is 4.91. The topological polar surface area (TPSA) is 24.1 Å². The zero-order valence-electron chi connectivity index (χ0n) is 7.67. The largest absolute Gasteiger partial charge is 0.261 e. The van der Waals surface area contributed by atoms with E-state index in [4.69, 9.17) is 0 Å². The summed E-state index contributed by atoms with van der Waals surface area (Å²) in [5.74, 6) is 0. The Bertz CT molecular complexity index is 208. The van der Waals surface area contributed by atoms with Gasteiger partial charge in [0.25, 0.3) is 0 Å². The Morgan fingerprint density at radius 1 is 1.25 bits per heavy atom. The number of rotatable bonds is 4. The molecule has 0 heterocycles. The Hall–Kier alpha value is -0.860. The molecule has 2 heteroatoms. The van der Waals surface area contributed by atoms with Gasteiger partial charge >= 0.3 is 0 Å². The van der Waals surface area contributed by atoms with Crippen LogP contribution in [0.2, 0.25) is 0 Å². The summed E-state index contributed by atoms with van der Waals surface area (Å²) in [6, 6.07) is 10.9. The predicted octanol–water partition coefficient (Wildman–Crippen LogP) is 1.34. The van der Waals surface area contributed by atoms with Crippen LogP contribution >= 0.6 is 0 Å². The number of nitrogens with one attached hydrogen (secondary N) is 2. The maximum Gasteiger partial charge on any atom is 0.0224 e. The van der Waals surface area contributed by atoms with Gasteiger partial charge in [0.2, 0.25) is 0 Å². The van der Waals surface area contributed by atoms with E-state index in [-0.39, 0.29) is 0 Å². The van der Waals surface area contributed by atoms with Crippen molar-refractivity contribution in [2.75, 3.05) is 7.05 Å². The molecule has 0 bridgehead atoms. The summed E-state index contributed by atoms with van der Waals surface area (Å²) in [6.45, 7) is 2.16. The molecule has 0 fully saturated rings. The highest BCUT2D eigenvalue weighted by atomic mass is 15.3. The van der Waals surface area contributed by atoms with Gasteiger partial charge in [0.05, 0.1) is 0 Å². The maximum atomic E-state index is 3.14. The van der Waals surface area contributed by atoms with Gasteiger partial charge in [-0.25, -0.2) is 0 Å². The van der Waals surface area contributed by atoms with E-state index in [1.807, 2.05) is 13.1 Å². The lowest BCUT2D eigenvalue weighted by Crippen LogP contribution is -2.37. The standard InChI is InChI=1S/C10H16N2/c1-9(12-11-2)8-10-6-4-3-5-7-10/h3-7,9,11-12H,8H2,1-2H3. The van der Waals surface area contributed by atoms with Crippen LogP contribution in [0.4, 0.5) is 0 Å². The average Bonchev–Trinajstić information content (AvgIpc) is 2.06. The monoisotopic (exact) mass is 164 g/mol. The van der Waals surface area contributed by atoms with Crippen molar-refractivity contribution >= 4 is 0 Å². The van der Waals surface area contributed by atoms with E-state index < -0.39 is 0 Å². The van der Waals surface area contributed by atoms with Gasteiger partial charge in [-0.15, -0.1) is 0 Å². The second-order valence-corrected chi connectivity index (χ2v) is 2.99. The second-order valence-electron chi connectivity index (χ2n) is 2.99. The lowest BCUT2D eigenvalue weighted by molar-refractivity contribution is 0.486. The Balaban J connectivity index is 2.41. The zero-order valence-corrected chi connectivity index (χ0v) is 7.67. The van der Waals surface area contributed by atoms with Crippen molar-refractivity contribution in [1.82, 2.24) is 10.9 Å². The summed E-state index contributed by atoms with van der Waals surface area (Å²) < 4.78 is 0. The van der Waals surface area contributed by atoms with Crippen molar-refractivity contribution in [3.05, 3.63) is 35.9 Å². The van der Waals surface area contributed by atoms with Gasteiger partial charge in [-0.1, -0.05) is 30.3 Å². The quantitative estimate of drug-likeness (QED) is 0.656. The van der Waals surface area contributed by atoms with Crippen LogP contribution in [0.5, 0.6) is 0 Å². The first-order valence-corrected chi connectivity index (χ1v) is 4.29. The van der Waals surface area contributed by atoms with E-state index in [1.165, 1.54) is 5.56 Å². The van der Waals surface area contributed by atoms with Crippen molar-refractivity contribution in [1.29, 1.82) is 0 Å². The fraction of sp³-hybridized carbons (Fsp3) is 0.400. The molecule has 1 aromatic carbocycles. The first-order chi connectivity index (χ1) is 5.83. The lowest BCUT2D eigenvalue weighted by atomic mass is 10.1. The molecule has 0 aromatic heterocycles. The molecule has 0 aliphatic carbocycles. The number of benzene rings is 1. The maximum absolute atomic E-state index is 3.14. The van der Waals surface area contributed by atoms with Gasteiger partial charge < -0.3 is 0 Å². The first kappa shape index (κ1) is 9.23. The molecule has 1 rings (SSSR count). The summed E-state index contributed by atoms with van der Waals surface area (Å²) >= 11 is 0. The van der Waals surface area contributed by atoms with E-state index in [9.17, 15) is 0 Å². The summed E-state index contributed by atoms with van der Waals surface area (Å²) in [7, 11) is 1.89. The fourth-order valence-electron chi connectivity index (χ4n) is 1.27.